The average molecular weight is 312 g/mol. The Balaban J connectivity index is 1.93. The minimum absolute atomic E-state index is 0.451. The number of pyridine rings is 1. The van der Waals surface area contributed by atoms with Crippen molar-refractivity contribution < 1.29 is 0 Å². The summed E-state index contributed by atoms with van der Waals surface area (Å²) in [5, 5.41) is 7.80. The number of hydrogen-bond acceptors (Lipinski definition) is 3. The Morgan fingerprint density at radius 2 is 1.86 bits per heavy atom. The van der Waals surface area contributed by atoms with Crippen LogP contribution in [0.25, 0.3) is 0 Å². The Morgan fingerprint density at radius 3 is 2.45 bits per heavy atom. The van der Waals surface area contributed by atoms with E-state index in [4.69, 9.17) is 12.2 Å². The minimum Gasteiger partial charge on any atom is -0.331 e. The van der Waals surface area contributed by atoms with Gasteiger partial charge in [0.2, 0.25) is 0 Å². The van der Waals surface area contributed by atoms with Crippen molar-refractivity contribution in [1.29, 1.82) is 0 Å². The van der Waals surface area contributed by atoms with Gasteiger partial charge < -0.3 is 5.32 Å². The van der Waals surface area contributed by atoms with Crippen molar-refractivity contribution in [3.63, 3.8) is 0 Å². The van der Waals surface area contributed by atoms with Gasteiger partial charge in [-0.05, 0) is 54.9 Å². The van der Waals surface area contributed by atoms with Crippen molar-refractivity contribution in [3.05, 3.63) is 59.9 Å². The molecular weight excluding hydrogens is 292 g/mol. The fourth-order valence-corrected chi connectivity index (χ4v) is 2.04. The number of nitrogens with zero attached hydrogens (tertiary/aromatic N) is 2. The van der Waals surface area contributed by atoms with Gasteiger partial charge in [0.05, 0.1) is 11.4 Å². The quantitative estimate of drug-likeness (QED) is 0.510. The van der Waals surface area contributed by atoms with Gasteiger partial charge in [0.25, 0.3) is 0 Å². The Bertz CT molecular complexity index is 648. The van der Waals surface area contributed by atoms with Gasteiger partial charge in [-0.25, -0.2) is 0 Å². The molecule has 1 heterocycles. The first-order chi connectivity index (χ1) is 10.6. The van der Waals surface area contributed by atoms with Crippen LogP contribution in [0.1, 0.15) is 37.9 Å². The van der Waals surface area contributed by atoms with Gasteiger partial charge in [-0.2, -0.15) is 5.10 Å². The molecule has 2 rings (SSSR count). The summed E-state index contributed by atoms with van der Waals surface area (Å²) >= 11 is 5.24. The van der Waals surface area contributed by atoms with E-state index < -0.39 is 0 Å². The normalized spacial score (nSPS) is 11.4. The van der Waals surface area contributed by atoms with E-state index in [-0.39, 0.29) is 0 Å². The van der Waals surface area contributed by atoms with Crippen LogP contribution in [0.2, 0.25) is 0 Å². The van der Waals surface area contributed by atoms with Crippen LogP contribution in [0.4, 0.5) is 5.69 Å². The summed E-state index contributed by atoms with van der Waals surface area (Å²) in [7, 11) is 0. The van der Waals surface area contributed by atoms with Gasteiger partial charge in [-0.3, -0.25) is 10.4 Å². The van der Waals surface area contributed by atoms with Crippen LogP contribution < -0.4 is 10.7 Å². The third-order valence-corrected chi connectivity index (χ3v) is 3.39. The number of nitrogens with one attached hydrogen (secondary N) is 2. The van der Waals surface area contributed by atoms with Crippen LogP contribution in [0, 0.1) is 0 Å². The maximum atomic E-state index is 5.24. The van der Waals surface area contributed by atoms with Crippen LogP contribution >= 0.6 is 12.2 Å². The van der Waals surface area contributed by atoms with Gasteiger partial charge in [0.1, 0.15) is 0 Å². The maximum absolute atomic E-state index is 5.24. The van der Waals surface area contributed by atoms with Crippen LogP contribution in [-0.4, -0.2) is 15.8 Å². The van der Waals surface area contributed by atoms with Gasteiger partial charge in [-0.15, -0.1) is 0 Å². The van der Waals surface area contributed by atoms with Crippen molar-refractivity contribution in [2.24, 2.45) is 5.10 Å². The summed E-state index contributed by atoms with van der Waals surface area (Å²) in [5.74, 6) is 0.518. The molecule has 22 heavy (non-hydrogen) atoms. The number of anilines is 1. The number of hydrogen-bond donors (Lipinski definition) is 2. The molecule has 0 saturated carbocycles. The van der Waals surface area contributed by atoms with E-state index in [0.29, 0.717) is 11.0 Å². The molecule has 0 fully saturated rings. The second kappa shape index (κ2) is 7.66. The first kappa shape index (κ1) is 16.1. The molecule has 0 amide bonds. The third kappa shape index (κ3) is 4.63. The van der Waals surface area contributed by atoms with Crippen LogP contribution in [0.5, 0.6) is 0 Å². The lowest BCUT2D eigenvalue weighted by molar-refractivity contribution is 0.867. The second-order valence-corrected chi connectivity index (χ2v) is 5.66. The van der Waals surface area contributed by atoms with Crippen molar-refractivity contribution in [3.8, 4) is 0 Å². The summed E-state index contributed by atoms with van der Waals surface area (Å²) < 4.78 is 0. The van der Waals surface area contributed by atoms with E-state index in [1.165, 1.54) is 5.56 Å². The molecule has 0 radical (unpaired) electrons. The third-order valence-electron chi connectivity index (χ3n) is 3.20. The highest BCUT2D eigenvalue weighted by molar-refractivity contribution is 7.80. The second-order valence-electron chi connectivity index (χ2n) is 5.25. The highest BCUT2D eigenvalue weighted by Crippen LogP contribution is 2.16. The van der Waals surface area contributed by atoms with Gasteiger partial charge in [-0.1, -0.05) is 32.0 Å². The molecule has 0 unspecified atom stereocenters. The molecular formula is C17H20N4S. The number of aromatic nitrogens is 1. The summed E-state index contributed by atoms with van der Waals surface area (Å²) in [5.41, 5.74) is 6.67. The van der Waals surface area contributed by atoms with Crippen LogP contribution in [0.3, 0.4) is 0 Å². The summed E-state index contributed by atoms with van der Waals surface area (Å²) in [6, 6.07) is 13.9. The van der Waals surface area contributed by atoms with Crippen molar-refractivity contribution >= 4 is 28.7 Å². The molecule has 0 aliphatic carbocycles. The number of rotatable bonds is 4. The number of thiocarbonyl (C=S) groups is 1. The lowest BCUT2D eigenvalue weighted by atomic mass is 10.0. The molecule has 5 heteroatoms. The van der Waals surface area contributed by atoms with E-state index in [1.807, 2.05) is 37.3 Å². The van der Waals surface area contributed by atoms with E-state index in [0.717, 1.165) is 17.1 Å². The summed E-state index contributed by atoms with van der Waals surface area (Å²) in [4.78, 5) is 4.23. The first-order valence-electron chi connectivity index (χ1n) is 7.19. The molecule has 0 aliphatic heterocycles. The molecule has 0 aliphatic rings. The minimum atomic E-state index is 0.451. The monoisotopic (exact) mass is 312 g/mol. The number of benzene rings is 1. The van der Waals surface area contributed by atoms with Crippen molar-refractivity contribution in [2.45, 2.75) is 26.7 Å². The lowest BCUT2D eigenvalue weighted by Gasteiger charge is -2.10. The van der Waals surface area contributed by atoms with E-state index in [9.17, 15) is 0 Å². The molecule has 1 aromatic heterocycles. The zero-order valence-electron chi connectivity index (χ0n) is 13.0. The summed E-state index contributed by atoms with van der Waals surface area (Å²) in [6.45, 7) is 6.23. The van der Waals surface area contributed by atoms with E-state index in [1.54, 1.807) is 6.20 Å². The smallest absolute Gasteiger partial charge is 0.191 e. The molecule has 4 nitrogen and oxygen atoms in total. The molecule has 114 valence electrons. The van der Waals surface area contributed by atoms with Crippen molar-refractivity contribution in [1.82, 2.24) is 10.4 Å². The standard InChI is InChI=1S/C17H20N4S/c1-12(2)14-7-9-15(10-8-14)19-17(22)21-20-13(3)16-6-4-5-11-18-16/h4-12H,1-3H3,(H2,19,21,22)/b20-13-. The zero-order chi connectivity index (χ0) is 15.9. The lowest BCUT2D eigenvalue weighted by Crippen LogP contribution is -2.25. The molecule has 0 saturated heterocycles. The Kier molecular flexibility index (Phi) is 5.61. The maximum Gasteiger partial charge on any atom is 0.191 e. The number of hydrazone groups is 1. The van der Waals surface area contributed by atoms with Crippen LogP contribution in [-0.2, 0) is 0 Å². The fourth-order valence-electron chi connectivity index (χ4n) is 1.88. The van der Waals surface area contributed by atoms with Gasteiger partial charge >= 0.3 is 0 Å². The molecule has 1 aromatic carbocycles. The predicted octanol–water partition coefficient (Wildman–Crippen LogP) is 3.92. The highest BCUT2D eigenvalue weighted by atomic mass is 32.1. The SMILES string of the molecule is C/C(=N/NC(=S)Nc1ccc(C(C)C)cc1)c1ccccn1. The van der Waals surface area contributed by atoms with Crippen LogP contribution in [0.15, 0.2) is 53.8 Å². The molecule has 0 spiro atoms. The molecule has 0 atom stereocenters. The Labute approximate surface area is 136 Å². The van der Waals surface area contributed by atoms with Crippen molar-refractivity contribution in [2.75, 3.05) is 5.32 Å². The van der Waals surface area contributed by atoms with Gasteiger partial charge in [0, 0.05) is 11.9 Å². The Morgan fingerprint density at radius 1 is 1.14 bits per heavy atom. The predicted molar refractivity (Wildman–Crippen MR) is 96.3 cm³/mol. The molecule has 0 bridgehead atoms. The molecule has 2 aromatic rings. The molecule has 2 N–H and O–H groups in total. The Hall–Kier alpha value is -2.27. The summed E-state index contributed by atoms with van der Waals surface area (Å²) in [6.07, 6.45) is 1.74. The van der Waals surface area contributed by atoms with E-state index in [2.05, 4.69) is 46.8 Å². The fraction of sp³-hybridized carbons (Fsp3) is 0.235. The first-order valence-corrected chi connectivity index (χ1v) is 7.59. The largest absolute Gasteiger partial charge is 0.331 e. The highest BCUT2D eigenvalue weighted by Gasteiger charge is 2.01. The zero-order valence-corrected chi connectivity index (χ0v) is 13.8. The van der Waals surface area contributed by atoms with E-state index >= 15 is 0 Å². The average Bonchev–Trinajstić information content (AvgIpc) is 2.54. The topological polar surface area (TPSA) is 49.3 Å². The van der Waals surface area contributed by atoms with Gasteiger partial charge in [0.15, 0.2) is 5.11 Å².